The Balaban J connectivity index is 1.55. The molecule has 0 radical (unpaired) electrons. The molecule has 8 bridgehead atoms. The molecule has 3 aromatic rings. The molecule has 3 aromatic carbocycles. The highest BCUT2D eigenvalue weighted by Crippen LogP contribution is 2.39. The second-order valence-corrected chi connectivity index (χ2v) is 9.66. The zero-order valence-electron chi connectivity index (χ0n) is 21.3. The number of ether oxygens (including phenoxy) is 2. The van der Waals surface area contributed by atoms with Crippen LogP contribution in [0.15, 0.2) is 60.7 Å². The highest BCUT2D eigenvalue weighted by atomic mass is 19.1. The number of carbonyl (C=O) groups is 2. The topological polar surface area (TPSA) is 93.9 Å². The molecular weight excluding hydrogens is 485 g/mol. The number of fused-ring (bicyclic) bond motifs is 7. The first kappa shape index (κ1) is 25.7. The average Bonchev–Trinajstić information content (AvgIpc) is 2.92. The van der Waals surface area contributed by atoms with Crippen molar-refractivity contribution < 1.29 is 23.5 Å². The van der Waals surface area contributed by atoms with Gasteiger partial charge in [0.2, 0.25) is 11.8 Å². The van der Waals surface area contributed by atoms with Crippen LogP contribution in [0.1, 0.15) is 47.6 Å². The van der Waals surface area contributed by atoms with Gasteiger partial charge in [-0.3, -0.25) is 9.59 Å². The Bertz CT molecular complexity index is 1330. The van der Waals surface area contributed by atoms with Crippen LogP contribution in [0, 0.1) is 5.82 Å². The first-order valence-electron chi connectivity index (χ1n) is 13.1. The Labute approximate surface area is 221 Å². The van der Waals surface area contributed by atoms with Crippen molar-refractivity contribution in [3.05, 3.63) is 88.7 Å². The van der Waals surface area contributed by atoms with Crippen molar-refractivity contribution >= 4 is 11.8 Å². The fourth-order valence-electron chi connectivity index (χ4n) is 5.07. The largest absolute Gasteiger partial charge is 0.494 e. The summed E-state index contributed by atoms with van der Waals surface area (Å²) in [5.41, 5.74) is 9.33. The van der Waals surface area contributed by atoms with E-state index in [2.05, 4.69) is 5.32 Å². The SMILES string of the molecule is NCCCC(=O)N1CCc2cc3ccc2C1c1cccc(c1)OCCCNC(=O)Cc1ccc(F)c(c1)O3. The molecule has 3 heterocycles. The van der Waals surface area contributed by atoms with E-state index in [4.69, 9.17) is 15.2 Å². The van der Waals surface area contributed by atoms with Crippen molar-refractivity contribution in [2.45, 2.75) is 38.1 Å². The molecule has 6 rings (SSSR count). The van der Waals surface area contributed by atoms with Gasteiger partial charge in [0.05, 0.1) is 19.1 Å². The first-order valence-corrected chi connectivity index (χ1v) is 13.1. The molecule has 7 nitrogen and oxygen atoms in total. The van der Waals surface area contributed by atoms with Gasteiger partial charge in [0.25, 0.3) is 0 Å². The van der Waals surface area contributed by atoms with E-state index in [0.717, 1.165) is 16.7 Å². The van der Waals surface area contributed by atoms with Crippen LogP contribution in [0.2, 0.25) is 0 Å². The molecule has 3 aliphatic rings. The van der Waals surface area contributed by atoms with E-state index in [1.54, 1.807) is 18.2 Å². The molecule has 0 fully saturated rings. The van der Waals surface area contributed by atoms with Gasteiger partial charge in [-0.05, 0) is 84.5 Å². The molecule has 3 N–H and O–H groups in total. The maximum absolute atomic E-state index is 14.6. The normalized spacial score (nSPS) is 17.4. The van der Waals surface area contributed by atoms with Crippen LogP contribution in [0.5, 0.6) is 17.2 Å². The van der Waals surface area contributed by atoms with Crippen molar-refractivity contribution in [1.82, 2.24) is 10.2 Å². The third-order valence-corrected chi connectivity index (χ3v) is 6.93. The lowest BCUT2D eigenvalue weighted by Gasteiger charge is -2.38. The van der Waals surface area contributed by atoms with E-state index in [0.29, 0.717) is 69.0 Å². The van der Waals surface area contributed by atoms with Crippen molar-refractivity contribution in [1.29, 1.82) is 0 Å². The van der Waals surface area contributed by atoms with Crippen molar-refractivity contribution in [3.63, 3.8) is 0 Å². The summed E-state index contributed by atoms with van der Waals surface area (Å²) in [4.78, 5) is 27.5. The quantitative estimate of drug-likeness (QED) is 0.541. The summed E-state index contributed by atoms with van der Waals surface area (Å²) in [5.74, 6) is 0.690. The second-order valence-electron chi connectivity index (χ2n) is 9.66. The van der Waals surface area contributed by atoms with Crippen molar-refractivity contribution in [2.75, 3.05) is 26.2 Å². The van der Waals surface area contributed by atoms with Crippen LogP contribution < -0.4 is 20.5 Å². The first-order chi connectivity index (χ1) is 18.5. The van der Waals surface area contributed by atoms with Crippen LogP contribution in [-0.4, -0.2) is 43.0 Å². The molecule has 8 heteroatoms. The highest BCUT2D eigenvalue weighted by Gasteiger charge is 2.32. The molecule has 0 aromatic heterocycles. The third-order valence-electron chi connectivity index (χ3n) is 6.93. The summed E-state index contributed by atoms with van der Waals surface area (Å²) in [6, 6.07) is 17.7. The number of halogens is 1. The Kier molecular flexibility index (Phi) is 7.89. The number of nitrogens with two attached hydrogens (primary N) is 1. The number of nitrogens with one attached hydrogen (secondary N) is 1. The Morgan fingerprint density at radius 1 is 1.11 bits per heavy atom. The minimum Gasteiger partial charge on any atom is -0.494 e. The Morgan fingerprint density at radius 3 is 2.87 bits per heavy atom. The number of hydrogen-bond acceptors (Lipinski definition) is 5. The summed E-state index contributed by atoms with van der Waals surface area (Å²) in [6.45, 7) is 1.90. The number of benzene rings is 3. The number of hydrogen-bond donors (Lipinski definition) is 2. The fraction of sp³-hybridized carbons (Fsp3) is 0.333. The minimum absolute atomic E-state index is 0.0609. The zero-order chi connectivity index (χ0) is 26.5. The number of nitrogens with zero attached hydrogens (tertiary/aromatic N) is 1. The van der Waals surface area contributed by atoms with Gasteiger partial charge in [-0.25, -0.2) is 4.39 Å². The van der Waals surface area contributed by atoms with Crippen LogP contribution in [-0.2, 0) is 22.4 Å². The van der Waals surface area contributed by atoms with Crippen LogP contribution in [0.25, 0.3) is 0 Å². The molecule has 0 spiro atoms. The van der Waals surface area contributed by atoms with Gasteiger partial charge in [0.1, 0.15) is 11.5 Å². The zero-order valence-corrected chi connectivity index (χ0v) is 21.3. The lowest BCUT2D eigenvalue weighted by atomic mass is 9.87. The summed E-state index contributed by atoms with van der Waals surface area (Å²) >= 11 is 0. The van der Waals surface area contributed by atoms with Gasteiger partial charge < -0.3 is 25.4 Å². The van der Waals surface area contributed by atoms with Gasteiger partial charge in [0.15, 0.2) is 11.6 Å². The van der Waals surface area contributed by atoms with Gasteiger partial charge >= 0.3 is 0 Å². The summed E-state index contributed by atoms with van der Waals surface area (Å²) in [5, 5.41) is 2.88. The Morgan fingerprint density at radius 2 is 2.00 bits per heavy atom. The third kappa shape index (κ3) is 5.81. The van der Waals surface area contributed by atoms with E-state index in [9.17, 15) is 14.0 Å². The maximum atomic E-state index is 14.6. The molecule has 3 aliphatic heterocycles. The summed E-state index contributed by atoms with van der Waals surface area (Å²) in [7, 11) is 0. The molecular formula is C30H32FN3O4. The smallest absolute Gasteiger partial charge is 0.224 e. The molecule has 198 valence electrons. The van der Waals surface area contributed by atoms with Crippen LogP contribution >= 0.6 is 0 Å². The van der Waals surface area contributed by atoms with Gasteiger partial charge in [-0.15, -0.1) is 0 Å². The van der Waals surface area contributed by atoms with Crippen LogP contribution in [0.4, 0.5) is 4.39 Å². The van der Waals surface area contributed by atoms with Crippen molar-refractivity contribution in [2.24, 2.45) is 5.73 Å². The van der Waals surface area contributed by atoms with E-state index in [1.165, 1.54) is 6.07 Å². The Hall–Kier alpha value is -3.91. The lowest BCUT2D eigenvalue weighted by Crippen LogP contribution is -2.40. The molecule has 0 saturated heterocycles. The minimum atomic E-state index is -0.499. The van der Waals surface area contributed by atoms with Gasteiger partial charge in [0, 0.05) is 19.5 Å². The predicted octanol–water partition coefficient (Wildman–Crippen LogP) is 4.27. The predicted molar refractivity (Wildman–Crippen MR) is 142 cm³/mol. The number of amides is 2. The van der Waals surface area contributed by atoms with Crippen LogP contribution in [0.3, 0.4) is 0 Å². The highest BCUT2D eigenvalue weighted by molar-refractivity contribution is 5.79. The van der Waals surface area contributed by atoms with Gasteiger partial charge in [-0.2, -0.15) is 0 Å². The molecule has 0 aliphatic carbocycles. The second kappa shape index (κ2) is 11.6. The summed E-state index contributed by atoms with van der Waals surface area (Å²) < 4.78 is 26.6. The monoisotopic (exact) mass is 517 g/mol. The maximum Gasteiger partial charge on any atom is 0.224 e. The molecule has 38 heavy (non-hydrogen) atoms. The average molecular weight is 518 g/mol. The molecule has 1 atom stereocenters. The number of rotatable bonds is 3. The number of carbonyl (C=O) groups excluding carboxylic acids is 2. The van der Waals surface area contributed by atoms with E-state index in [1.807, 2.05) is 41.3 Å². The van der Waals surface area contributed by atoms with Crippen molar-refractivity contribution in [3.8, 4) is 17.2 Å². The molecule has 0 saturated carbocycles. The van der Waals surface area contributed by atoms with E-state index >= 15 is 0 Å². The standard InChI is InChI=1S/C30H32FN3O4/c31-26-10-7-20-16-27(26)38-24-8-9-25-21(18-24)11-14-34(29(36)6-2-12-32)30(25)22-4-1-5-23(19-22)37-15-3-13-33-28(35)17-20/h1,4-5,7-10,16,18-19,30H,2-3,6,11-15,17,32H2,(H,33,35). The van der Waals surface area contributed by atoms with Gasteiger partial charge in [-0.1, -0.05) is 24.3 Å². The van der Waals surface area contributed by atoms with E-state index in [-0.39, 0.29) is 30.0 Å². The lowest BCUT2D eigenvalue weighted by molar-refractivity contribution is -0.133. The van der Waals surface area contributed by atoms with E-state index < -0.39 is 5.82 Å². The molecule has 2 amide bonds. The molecule has 1 unspecified atom stereocenters. The summed E-state index contributed by atoms with van der Waals surface area (Å²) in [6.07, 6.45) is 2.43. The fourth-order valence-corrected chi connectivity index (χ4v) is 5.07.